The molecule has 0 bridgehead atoms. The first-order valence-corrected chi connectivity index (χ1v) is 7.18. The van der Waals surface area contributed by atoms with E-state index in [0.29, 0.717) is 11.6 Å². The van der Waals surface area contributed by atoms with E-state index in [1.807, 2.05) is 6.92 Å². The minimum absolute atomic E-state index is 0.0192. The van der Waals surface area contributed by atoms with E-state index in [0.717, 1.165) is 6.42 Å². The zero-order valence-electron chi connectivity index (χ0n) is 11.1. The van der Waals surface area contributed by atoms with Crippen LogP contribution in [0.1, 0.15) is 32.9 Å². The minimum Gasteiger partial charge on any atom is -0.281 e. The van der Waals surface area contributed by atoms with Gasteiger partial charge in [0.15, 0.2) is 0 Å². The standard InChI is InChI=1S/C11H21N3O2S/c1-8(2)6-9(3)14(5)17(15,16)11-7-12-13-10(11)4/h7-9H,6H2,1-5H3,(H,12,13). The van der Waals surface area contributed by atoms with E-state index in [1.54, 1.807) is 14.0 Å². The third kappa shape index (κ3) is 3.07. The SMILES string of the molecule is Cc1[nH]ncc1S(=O)(=O)N(C)C(C)CC(C)C. The molecule has 1 unspecified atom stereocenters. The maximum absolute atomic E-state index is 12.3. The van der Waals surface area contributed by atoms with Crippen molar-refractivity contribution in [1.29, 1.82) is 0 Å². The van der Waals surface area contributed by atoms with Gasteiger partial charge in [-0.3, -0.25) is 5.10 Å². The summed E-state index contributed by atoms with van der Waals surface area (Å²) >= 11 is 0. The second kappa shape index (κ2) is 5.18. The predicted molar refractivity (Wildman–Crippen MR) is 67.2 cm³/mol. The lowest BCUT2D eigenvalue weighted by Gasteiger charge is -2.25. The molecule has 0 amide bonds. The maximum Gasteiger partial charge on any atom is 0.246 e. The summed E-state index contributed by atoms with van der Waals surface area (Å²) in [6.07, 6.45) is 2.20. The summed E-state index contributed by atoms with van der Waals surface area (Å²) in [5.74, 6) is 0.466. The molecule has 6 heteroatoms. The highest BCUT2D eigenvalue weighted by atomic mass is 32.2. The van der Waals surface area contributed by atoms with E-state index in [4.69, 9.17) is 0 Å². The number of aryl methyl sites for hydroxylation is 1. The molecule has 0 aromatic carbocycles. The van der Waals surface area contributed by atoms with Gasteiger partial charge in [-0.05, 0) is 26.2 Å². The lowest BCUT2D eigenvalue weighted by Crippen LogP contribution is -2.36. The van der Waals surface area contributed by atoms with Crippen molar-refractivity contribution in [2.75, 3.05) is 7.05 Å². The normalized spacial score (nSPS) is 14.5. The van der Waals surface area contributed by atoms with Crippen LogP contribution in [0.4, 0.5) is 0 Å². The molecular formula is C11H21N3O2S. The Kier molecular flexibility index (Phi) is 4.32. The van der Waals surface area contributed by atoms with Gasteiger partial charge >= 0.3 is 0 Å². The largest absolute Gasteiger partial charge is 0.281 e. The second-order valence-electron chi connectivity index (χ2n) is 4.86. The van der Waals surface area contributed by atoms with Crippen LogP contribution in [0.2, 0.25) is 0 Å². The van der Waals surface area contributed by atoms with Crippen molar-refractivity contribution in [1.82, 2.24) is 14.5 Å². The molecule has 0 aliphatic carbocycles. The number of nitrogens with zero attached hydrogens (tertiary/aromatic N) is 2. The summed E-state index contributed by atoms with van der Waals surface area (Å²) in [5.41, 5.74) is 0.577. The first-order valence-electron chi connectivity index (χ1n) is 5.74. The zero-order chi connectivity index (χ0) is 13.2. The second-order valence-corrected chi connectivity index (χ2v) is 6.82. The van der Waals surface area contributed by atoms with Crippen molar-refractivity contribution in [2.24, 2.45) is 5.92 Å². The van der Waals surface area contributed by atoms with E-state index in [-0.39, 0.29) is 10.9 Å². The Labute approximate surface area is 103 Å². The Morgan fingerprint density at radius 3 is 2.41 bits per heavy atom. The molecule has 1 atom stereocenters. The number of sulfonamides is 1. The van der Waals surface area contributed by atoms with Crippen molar-refractivity contribution in [3.05, 3.63) is 11.9 Å². The summed E-state index contributed by atoms with van der Waals surface area (Å²) in [7, 11) is -1.81. The van der Waals surface area contributed by atoms with Gasteiger partial charge in [-0.2, -0.15) is 9.40 Å². The number of hydrogen-bond acceptors (Lipinski definition) is 3. The molecule has 0 saturated carbocycles. The van der Waals surface area contributed by atoms with Gasteiger partial charge in [0.25, 0.3) is 0 Å². The highest BCUT2D eigenvalue weighted by Crippen LogP contribution is 2.20. The van der Waals surface area contributed by atoms with Gasteiger partial charge in [0.05, 0.1) is 11.9 Å². The fraction of sp³-hybridized carbons (Fsp3) is 0.727. The molecule has 0 radical (unpaired) electrons. The van der Waals surface area contributed by atoms with Crippen LogP contribution in [0.15, 0.2) is 11.1 Å². The van der Waals surface area contributed by atoms with Crippen LogP contribution in [-0.4, -0.2) is 36.0 Å². The Bertz CT molecular complexity index is 465. The van der Waals surface area contributed by atoms with E-state index in [1.165, 1.54) is 10.5 Å². The molecule has 1 heterocycles. The Balaban J connectivity index is 2.96. The number of aromatic nitrogens is 2. The van der Waals surface area contributed by atoms with Crippen molar-refractivity contribution in [2.45, 2.75) is 45.1 Å². The summed E-state index contributed by atoms with van der Waals surface area (Å²) in [6, 6.07) is -0.0192. The molecule has 17 heavy (non-hydrogen) atoms. The van der Waals surface area contributed by atoms with Gasteiger partial charge in [-0.25, -0.2) is 8.42 Å². The molecule has 5 nitrogen and oxygen atoms in total. The van der Waals surface area contributed by atoms with Gasteiger partial charge in [0.2, 0.25) is 10.0 Å². The van der Waals surface area contributed by atoms with E-state index in [9.17, 15) is 8.42 Å². The van der Waals surface area contributed by atoms with Crippen molar-refractivity contribution < 1.29 is 8.42 Å². The molecule has 0 aliphatic rings. The van der Waals surface area contributed by atoms with Crippen LogP contribution in [0.25, 0.3) is 0 Å². The van der Waals surface area contributed by atoms with Crippen molar-refractivity contribution in [3.63, 3.8) is 0 Å². The zero-order valence-corrected chi connectivity index (χ0v) is 11.9. The van der Waals surface area contributed by atoms with Crippen molar-refractivity contribution in [3.8, 4) is 0 Å². The third-order valence-corrected chi connectivity index (χ3v) is 4.96. The van der Waals surface area contributed by atoms with Gasteiger partial charge in [0.1, 0.15) is 4.90 Å². The average molecular weight is 259 g/mol. The molecule has 0 aliphatic heterocycles. The lowest BCUT2D eigenvalue weighted by atomic mass is 10.1. The first kappa shape index (κ1) is 14.2. The molecule has 0 saturated heterocycles. The lowest BCUT2D eigenvalue weighted by molar-refractivity contribution is 0.337. The molecule has 1 rings (SSSR count). The fourth-order valence-electron chi connectivity index (χ4n) is 1.82. The average Bonchev–Trinajstić information content (AvgIpc) is 2.62. The summed E-state index contributed by atoms with van der Waals surface area (Å²) in [4.78, 5) is 0.260. The molecule has 1 N–H and O–H groups in total. The fourth-order valence-corrected chi connectivity index (χ4v) is 3.31. The van der Waals surface area contributed by atoms with E-state index < -0.39 is 10.0 Å². The minimum atomic E-state index is -3.43. The third-order valence-electron chi connectivity index (χ3n) is 2.87. The summed E-state index contributed by atoms with van der Waals surface area (Å²) < 4.78 is 26.0. The quantitative estimate of drug-likeness (QED) is 0.876. The monoisotopic (exact) mass is 259 g/mol. The maximum atomic E-state index is 12.3. The van der Waals surface area contributed by atoms with Crippen LogP contribution in [0.3, 0.4) is 0 Å². The van der Waals surface area contributed by atoms with Crippen LogP contribution >= 0.6 is 0 Å². The Morgan fingerprint density at radius 1 is 1.41 bits per heavy atom. The molecular weight excluding hydrogens is 238 g/mol. The van der Waals surface area contributed by atoms with Crippen molar-refractivity contribution >= 4 is 10.0 Å². The number of hydrogen-bond donors (Lipinski definition) is 1. The van der Waals surface area contributed by atoms with E-state index >= 15 is 0 Å². The molecule has 0 fully saturated rings. The van der Waals surface area contributed by atoms with Gasteiger partial charge in [-0.15, -0.1) is 0 Å². The number of nitrogens with one attached hydrogen (secondary N) is 1. The van der Waals surface area contributed by atoms with Gasteiger partial charge < -0.3 is 0 Å². The van der Waals surface area contributed by atoms with Crippen LogP contribution < -0.4 is 0 Å². The van der Waals surface area contributed by atoms with Gasteiger partial charge in [-0.1, -0.05) is 13.8 Å². The highest BCUT2D eigenvalue weighted by molar-refractivity contribution is 7.89. The topological polar surface area (TPSA) is 66.1 Å². The highest BCUT2D eigenvalue weighted by Gasteiger charge is 2.28. The molecule has 1 aromatic heterocycles. The van der Waals surface area contributed by atoms with Gasteiger partial charge in [0, 0.05) is 13.1 Å². The summed E-state index contributed by atoms with van der Waals surface area (Å²) in [5, 5.41) is 6.41. The first-order chi connectivity index (χ1) is 7.76. The molecule has 1 aromatic rings. The van der Waals surface area contributed by atoms with Crippen LogP contribution in [0, 0.1) is 12.8 Å². The predicted octanol–water partition coefficient (Wildman–Crippen LogP) is 1.77. The molecule has 0 spiro atoms. The number of rotatable bonds is 5. The Hall–Kier alpha value is -0.880. The number of H-pyrrole nitrogens is 1. The smallest absolute Gasteiger partial charge is 0.246 e. The molecule has 98 valence electrons. The van der Waals surface area contributed by atoms with E-state index in [2.05, 4.69) is 24.0 Å². The summed E-state index contributed by atoms with van der Waals surface area (Å²) in [6.45, 7) is 7.80. The number of aromatic amines is 1. The van der Waals surface area contributed by atoms with Crippen LogP contribution in [0.5, 0.6) is 0 Å². The van der Waals surface area contributed by atoms with Crippen LogP contribution in [-0.2, 0) is 10.0 Å². The Morgan fingerprint density at radius 2 is 2.00 bits per heavy atom.